The minimum Gasteiger partial charge on any atom is -0.423 e. The van der Waals surface area contributed by atoms with Gasteiger partial charge >= 0.3 is 7.12 Å². The predicted molar refractivity (Wildman–Crippen MR) is 80.9 cm³/mol. The summed E-state index contributed by atoms with van der Waals surface area (Å²) in [6.07, 6.45) is 0.482. The van der Waals surface area contributed by atoms with Gasteiger partial charge in [0.25, 0.3) is 5.91 Å². The Hall–Kier alpha value is -2.45. The van der Waals surface area contributed by atoms with Crippen molar-refractivity contribution in [3.8, 4) is 0 Å². The number of carbonyl (C=O) groups excluding carboxylic acids is 2. The summed E-state index contributed by atoms with van der Waals surface area (Å²) in [5.41, 5.74) is 3.00. The van der Waals surface area contributed by atoms with Gasteiger partial charge in [-0.1, -0.05) is 6.07 Å². The molecule has 2 aromatic rings. The number of hydrogen-bond acceptors (Lipinski definition) is 5. The van der Waals surface area contributed by atoms with Crippen molar-refractivity contribution in [3.05, 3.63) is 46.3 Å². The molecule has 0 aliphatic heterocycles. The number of aromatic nitrogens is 2. The molecule has 1 aromatic carbocycles. The smallest absolute Gasteiger partial charge is 0.423 e. The van der Waals surface area contributed by atoms with Crippen molar-refractivity contribution in [2.24, 2.45) is 0 Å². The molecule has 1 amide bonds. The number of rotatable bonds is 5. The Morgan fingerprint density at radius 1 is 1.41 bits per heavy atom. The molecule has 0 bridgehead atoms. The summed E-state index contributed by atoms with van der Waals surface area (Å²) in [6, 6.07) is 4.11. The normalized spacial score (nSPS) is 10.4. The zero-order valence-corrected chi connectivity index (χ0v) is 12.3. The van der Waals surface area contributed by atoms with Gasteiger partial charge in [-0.2, -0.15) is 5.10 Å². The number of nitrogens with one attached hydrogen (secondary N) is 2. The Morgan fingerprint density at radius 2 is 2.14 bits per heavy atom. The van der Waals surface area contributed by atoms with Crippen LogP contribution in [-0.2, 0) is 6.54 Å². The zero-order chi connectivity index (χ0) is 16.3. The fraction of sp³-hybridized carbons (Fsp3) is 0.214. The molecule has 0 atom stereocenters. The quantitative estimate of drug-likeness (QED) is 0.437. The molecule has 0 spiro atoms. The molecule has 114 valence electrons. The van der Waals surface area contributed by atoms with E-state index in [1.54, 1.807) is 0 Å². The van der Waals surface area contributed by atoms with Crippen LogP contribution in [0.1, 0.15) is 37.7 Å². The third kappa shape index (κ3) is 3.24. The number of aldehydes is 1. The third-order valence-electron chi connectivity index (χ3n) is 3.46. The molecule has 0 saturated heterocycles. The summed E-state index contributed by atoms with van der Waals surface area (Å²) in [7, 11) is -1.76. The summed E-state index contributed by atoms with van der Waals surface area (Å²) < 4.78 is 0. The van der Waals surface area contributed by atoms with E-state index in [2.05, 4.69) is 15.5 Å². The van der Waals surface area contributed by atoms with Crippen molar-refractivity contribution in [2.75, 3.05) is 0 Å². The second-order valence-corrected chi connectivity index (χ2v) is 4.93. The number of aromatic amines is 1. The Morgan fingerprint density at radius 3 is 2.68 bits per heavy atom. The van der Waals surface area contributed by atoms with Crippen molar-refractivity contribution < 1.29 is 19.6 Å². The SMILES string of the molecule is Cc1n[nH]c(C)c1CNC(=O)c1ccc(B(O)O)c(C=O)c1. The zero-order valence-electron chi connectivity index (χ0n) is 12.3. The first kappa shape index (κ1) is 15.9. The highest BCUT2D eigenvalue weighted by atomic mass is 16.4. The highest BCUT2D eigenvalue weighted by Crippen LogP contribution is 2.09. The van der Waals surface area contributed by atoms with Gasteiger partial charge in [-0.05, 0) is 31.4 Å². The molecular formula is C14H16BN3O4. The van der Waals surface area contributed by atoms with Crippen molar-refractivity contribution in [1.82, 2.24) is 15.5 Å². The van der Waals surface area contributed by atoms with E-state index in [1.165, 1.54) is 18.2 Å². The Bertz CT molecular complexity index is 693. The van der Waals surface area contributed by atoms with Crippen LogP contribution < -0.4 is 10.8 Å². The molecule has 0 fully saturated rings. The van der Waals surface area contributed by atoms with Crippen LogP contribution in [0.5, 0.6) is 0 Å². The minimum atomic E-state index is -1.76. The lowest BCUT2D eigenvalue weighted by Crippen LogP contribution is -2.34. The van der Waals surface area contributed by atoms with Crippen LogP contribution in [0.2, 0.25) is 0 Å². The van der Waals surface area contributed by atoms with Crippen LogP contribution in [0.15, 0.2) is 18.2 Å². The molecule has 2 rings (SSSR count). The van der Waals surface area contributed by atoms with Gasteiger partial charge in [0.15, 0.2) is 0 Å². The van der Waals surface area contributed by atoms with Crippen molar-refractivity contribution in [3.63, 3.8) is 0 Å². The summed E-state index contributed by atoms with van der Waals surface area (Å²) in [4.78, 5) is 23.1. The Balaban J connectivity index is 2.15. The third-order valence-corrected chi connectivity index (χ3v) is 3.46. The number of nitrogens with zero attached hydrogens (tertiary/aromatic N) is 1. The number of hydrogen-bond donors (Lipinski definition) is 4. The van der Waals surface area contributed by atoms with E-state index >= 15 is 0 Å². The van der Waals surface area contributed by atoms with Gasteiger partial charge in [0.1, 0.15) is 6.29 Å². The average Bonchev–Trinajstić information content (AvgIpc) is 2.82. The molecule has 0 aliphatic carbocycles. The Labute approximate surface area is 127 Å². The highest BCUT2D eigenvalue weighted by Gasteiger charge is 2.18. The molecule has 0 saturated carbocycles. The van der Waals surface area contributed by atoms with Crippen LogP contribution in [0.3, 0.4) is 0 Å². The second-order valence-electron chi connectivity index (χ2n) is 4.93. The number of aryl methyl sites for hydroxylation is 2. The topological polar surface area (TPSA) is 115 Å². The first-order valence-corrected chi connectivity index (χ1v) is 6.68. The van der Waals surface area contributed by atoms with Gasteiger partial charge in [0, 0.05) is 28.9 Å². The fourth-order valence-electron chi connectivity index (χ4n) is 2.16. The van der Waals surface area contributed by atoms with Crippen LogP contribution >= 0.6 is 0 Å². The number of amides is 1. The van der Waals surface area contributed by atoms with Gasteiger partial charge in [-0.25, -0.2) is 0 Å². The van der Waals surface area contributed by atoms with E-state index in [9.17, 15) is 9.59 Å². The molecule has 0 aliphatic rings. The summed E-state index contributed by atoms with van der Waals surface area (Å²) in [5, 5.41) is 27.9. The van der Waals surface area contributed by atoms with E-state index in [4.69, 9.17) is 10.0 Å². The van der Waals surface area contributed by atoms with E-state index in [0.717, 1.165) is 17.0 Å². The van der Waals surface area contributed by atoms with Crippen LogP contribution in [-0.4, -0.2) is 39.6 Å². The largest absolute Gasteiger partial charge is 0.489 e. The lowest BCUT2D eigenvalue weighted by molar-refractivity contribution is 0.0951. The van der Waals surface area contributed by atoms with Crippen molar-refractivity contribution in [1.29, 1.82) is 0 Å². The summed E-state index contributed by atoms with van der Waals surface area (Å²) in [6.45, 7) is 4.02. The van der Waals surface area contributed by atoms with Gasteiger partial charge in [0.05, 0.1) is 5.69 Å². The average molecular weight is 301 g/mol. The van der Waals surface area contributed by atoms with Crippen LogP contribution in [0.25, 0.3) is 0 Å². The summed E-state index contributed by atoms with van der Waals surface area (Å²) in [5.74, 6) is -0.359. The van der Waals surface area contributed by atoms with Crippen molar-refractivity contribution >= 4 is 24.8 Å². The summed E-state index contributed by atoms with van der Waals surface area (Å²) >= 11 is 0. The number of H-pyrrole nitrogens is 1. The first-order valence-electron chi connectivity index (χ1n) is 6.68. The van der Waals surface area contributed by atoms with E-state index in [0.29, 0.717) is 12.8 Å². The van der Waals surface area contributed by atoms with Gasteiger partial charge in [-0.3, -0.25) is 14.7 Å². The molecule has 1 aromatic heterocycles. The van der Waals surface area contributed by atoms with Crippen LogP contribution in [0, 0.1) is 13.8 Å². The standard InChI is InChI=1S/C14H16BN3O4/c1-8-12(9(2)18-17-8)6-16-14(20)10-3-4-13(15(21)22)11(5-10)7-19/h3-5,7,21-22H,6H2,1-2H3,(H,16,20)(H,17,18). The van der Waals surface area contributed by atoms with Gasteiger partial charge < -0.3 is 15.4 Å². The molecule has 0 unspecified atom stereocenters. The van der Waals surface area contributed by atoms with Gasteiger partial charge in [-0.15, -0.1) is 0 Å². The maximum atomic E-state index is 12.1. The molecular weight excluding hydrogens is 285 g/mol. The Kier molecular flexibility index (Phi) is 4.74. The molecule has 4 N–H and O–H groups in total. The van der Waals surface area contributed by atoms with E-state index in [-0.39, 0.29) is 22.5 Å². The predicted octanol–water partition coefficient (Wildman–Crippen LogP) is -0.551. The maximum absolute atomic E-state index is 12.1. The second kappa shape index (κ2) is 6.55. The van der Waals surface area contributed by atoms with E-state index in [1.807, 2.05) is 13.8 Å². The van der Waals surface area contributed by atoms with Crippen molar-refractivity contribution in [2.45, 2.75) is 20.4 Å². The number of benzene rings is 1. The fourth-order valence-corrected chi connectivity index (χ4v) is 2.16. The molecule has 1 heterocycles. The molecule has 7 nitrogen and oxygen atoms in total. The molecule has 0 radical (unpaired) electrons. The minimum absolute atomic E-state index is 0.0630. The molecule has 22 heavy (non-hydrogen) atoms. The first-order chi connectivity index (χ1) is 10.4. The highest BCUT2D eigenvalue weighted by molar-refractivity contribution is 6.60. The molecule has 8 heteroatoms. The number of carbonyl (C=O) groups is 2. The van der Waals surface area contributed by atoms with Gasteiger partial charge in [0.2, 0.25) is 0 Å². The maximum Gasteiger partial charge on any atom is 0.489 e. The van der Waals surface area contributed by atoms with Crippen LogP contribution in [0.4, 0.5) is 0 Å². The lowest BCUT2D eigenvalue weighted by Gasteiger charge is -2.08. The monoisotopic (exact) mass is 301 g/mol. The lowest BCUT2D eigenvalue weighted by atomic mass is 9.77. The van der Waals surface area contributed by atoms with E-state index < -0.39 is 7.12 Å².